The molecule has 0 aliphatic carbocycles. The highest BCUT2D eigenvalue weighted by Gasteiger charge is 2.35. The Bertz CT molecular complexity index is 768. The Morgan fingerprint density at radius 3 is 2.71 bits per heavy atom. The van der Waals surface area contributed by atoms with Gasteiger partial charge in [-0.2, -0.15) is 0 Å². The summed E-state index contributed by atoms with van der Waals surface area (Å²) in [5.41, 5.74) is 0.470. The maximum Gasteiger partial charge on any atom is 0.254 e. The number of rotatable bonds is 3. The summed E-state index contributed by atoms with van der Waals surface area (Å²) in [5.74, 6) is -3.11. The minimum absolute atomic E-state index is 0.0939. The summed E-state index contributed by atoms with van der Waals surface area (Å²) >= 11 is 0. The normalized spacial score (nSPS) is 21.0. The molecule has 1 aliphatic rings. The number of hydrogen-bond donors (Lipinski definition) is 1. The van der Waals surface area contributed by atoms with E-state index >= 15 is 0 Å². The SMILES string of the molecule is CN1CC[C@H](NC(=O)c2ccncc2F)[C@@H]1c1ccc(F)c(F)c1. The number of hydrogen-bond acceptors (Lipinski definition) is 3. The number of aromatic nitrogens is 1. The first-order valence-electron chi connectivity index (χ1n) is 7.53. The van der Waals surface area contributed by atoms with Gasteiger partial charge in [0.05, 0.1) is 23.8 Å². The third-order valence-corrected chi connectivity index (χ3v) is 4.27. The second kappa shape index (κ2) is 6.60. The van der Waals surface area contributed by atoms with Crippen molar-refractivity contribution in [2.75, 3.05) is 13.6 Å². The van der Waals surface area contributed by atoms with Crippen LogP contribution in [-0.2, 0) is 0 Å². The molecule has 3 rings (SSSR count). The highest BCUT2D eigenvalue weighted by atomic mass is 19.2. The quantitative estimate of drug-likeness (QED) is 0.938. The predicted molar refractivity (Wildman–Crippen MR) is 81.8 cm³/mol. The summed E-state index contributed by atoms with van der Waals surface area (Å²) in [7, 11) is 1.84. The van der Waals surface area contributed by atoms with E-state index < -0.39 is 23.4 Å². The van der Waals surface area contributed by atoms with E-state index in [-0.39, 0.29) is 17.6 Å². The third kappa shape index (κ3) is 3.12. The molecule has 2 aromatic rings. The van der Waals surface area contributed by atoms with E-state index in [1.165, 1.54) is 18.3 Å². The van der Waals surface area contributed by atoms with Crippen molar-refractivity contribution in [3.63, 3.8) is 0 Å². The topological polar surface area (TPSA) is 45.2 Å². The van der Waals surface area contributed by atoms with E-state index in [0.717, 1.165) is 18.3 Å². The first-order chi connectivity index (χ1) is 11.5. The van der Waals surface area contributed by atoms with Crippen LogP contribution in [0.1, 0.15) is 28.4 Å². The van der Waals surface area contributed by atoms with Crippen molar-refractivity contribution in [3.8, 4) is 0 Å². The summed E-state index contributed by atoms with van der Waals surface area (Å²) in [4.78, 5) is 17.9. The average Bonchev–Trinajstić information content (AvgIpc) is 2.91. The lowest BCUT2D eigenvalue weighted by atomic mass is 9.99. The van der Waals surface area contributed by atoms with Crippen LogP contribution in [0.3, 0.4) is 0 Å². The molecule has 1 saturated heterocycles. The summed E-state index contributed by atoms with van der Waals surface area (Å²) < 4.78 is 40.4. The van der Waals surface area contributed by atoms with Crippen molar-refractivity contribution in [2.24, 2.45) is 0 Å². The fraction of sp³-hybridized carbons (Fsp3) is 0.294. The molecule has 0 radical (unpaired) electrons. The van der Waals surface area contributed by atoms with Crippen LogP contribution < -0.4 is 5.32 Å². The first-order valence-corrected chi connectivity index (χ1v) is 7.53. The van der Waals surface area contributed by atoms with Crippen molar-refractivity contribution in [2.45, 2.75) is 18.5 Å². The number of nitrogens with one attached hydrogen (secondary N) is 1. The number of likely N-dealkylation sites (N-methyl/N-ethyl adjacent to an activating group) is 1. The molecule has 0 spiro atoms. The molecule has 1 fully saturated rings. The number of halogens is 3. The lowest BCUT2D eigenvalue weighted by Crippen LogP contribution is -2.39. The van der Waals surface area contributed by atoms with Gasteiger partial charge in [-0.05, 0) is 37.2 Å². The number of nitrogens with zero attached hydrogens (tertiary/aromatic N) is 2. The Balaban J connectivity index is 1.83. The number of carbonyl (C=O) groups is 1. The van der Waals surface area contributed by atoms with Gasteiger partial charge in [0.1, 0.15) is 0 Å². The molecule has 1 aliphatic heterocycles. The number of benzene rings is 1. The van der Waals surface area contributed by atoms with E-state index in [1.54, 1.807) is 0 Å². The molecule has 24 heavy (non-hydrogen) atoms. The summed E-state index contributed by atoms with van der Waals surface area (Å²) in [5, 5.41) is 2.78. The molecule has 126 valence electrons. The predicted octanol–water partition coefficient (Wildman–Crippen LogP) is 2.67. The van der Waals surface area contributed by atoms with Crippen LogP contribution >= 0.6 is 0 Å². The fourth-order valence-electron chi connectivity index (χ4n) is 3.09. The molecule has 1 N–H and O–H groups in total. The van der Waals surface area contributed by atoms with Crippen LogP contribution in [0.2, 0.25) is 0 Å². The van der Waals surface area contributed by atoms with Crippen molar-refractivity contribution in [1.29, 1.82) is 0 Å². The summed E-state index contributed by atoms with van der Waals surface area (Å²) in [6, 6.07) is 4.35. The Morgan fingerprint density at radius 2 is 2.00 bits per heavy atom. The van der Waals surface area contributed by atoms with Gasteiger partial charge in [0.25, 0.3) is 5.91 Å². The number of pyridine rings is 1. The standard InChI is InChI=1S/C17H16F3N3O/c1-23-7-5-15(16(23)10-2-3-12(18)13(19)8-10)22-17(24)11-4-6-21-9-14(11)20/h2-4,6,8-9,15-16H,5,7H2,1H3,(H,22,24)/t15-,16-/m0/s1. The zero-order valence-corrected chi connectivity index (χ0v) is 13.0. The molecular formula is C17H16F3N3O. The van der Waals surface area contributed by atoms with Gasteiger partial charge in [-0.3, -0.25) is 14.7 Å². The van der Waals surface area contributed by atoms with Crippen LogP contribution in [0.4, 0.5) is 13.2 Å². The highest BCUT2D eigenvalue weighted by molar-refractivity contribution is 5.94. The Morgan fingerprint density at radius 1 is 1.21 bits per heavy atom. The Labute approximate surface area is 137 Å². The van der Waals surface area contributed by atoms with E-state index in [2.05, 4.69) is 10.3 Å². The average molecular weight is 335 g/mol. The lowest BCUT2D eigenvalue weighted by molar-refractivity contribution is 0.0923. The molecule has 2 heterocycles. The van der Waals surface area contributed by atoms with Crippen molar-refractivity contribution < 1.29 is 18.0 Å². The molecular weight excluding hydrogens is 319 g/mol. The Kier molecular flexibility index (Phi) is 4.53. The van der Waals surface area contributed by atoms with Crippen molar-refractivity contribution >= 4 is 5.91 Å². The maximum absolute atomic E-state index is 13.7. The third-order valence-electron chi connectivity index (χ3n) is 4.27. The Hall–Kier alpha value is -2.41. The van der Waals surface area contributed by atoms with Crippen LogP contribution in [0.15, 0.2) is 36.7 Å². The molecule has 4 nitrogen and oxygen atoms in total. The largest absolute Gasteiger partial charge is 0.347 e. The molecule has 0 bridgehead atoms. The molecule has 0 unspecified atom stereocenters. The first kappa shape index (κ1) is 16.4. The smallest absolute Gasteiger partial charge is 0.254 e. The van der Waals surface area contributed by atoms with E-state index in [9.17, 15) is 18.0 Å². The van der Waals surface area contributed by atoms with E-state index in [4.69, 9.17) is 0 Å². The van der Waals surface area contributed by atoms with Gasteiger partial charge in [0.2, 0.25) is 0 Å². The summed E-state index contributed by atoms with van der Waals surface area (Å²) in [6.07, 6.45) is 2.94. The lowest BCUT2D eigenvalue weighted by Gasteiger charge is -2.26. The van der Waals surface area contributed by atoms with Gasteiger partial charge in [0.15, 0.2) is 17.5 Å². The van der Waals surface area contributed by atoms with Gasteiger partial charge in [-0.1, -0.05) is 6.07 Å². The monoisotopic (exact) mass is 335 g/mol. The van der Waals surface area contributed by atoms with Crippen LogP contribution in [0.5, 0.6) is 0 Å². The molecule has 2 atom stereocenters. The maximum atomic E-state index is 13.7. The fourth-order valence-corrected chi connectivity index (χ4v) is 3.09. The summed E-state index contributed by atoms with van der Waals surface area (Å²) in [6.45, 7) is 0.674. The van der Waals surface area contributed by atoms with Crippen molar-refractivity contribution in [1.82, 2.24) is 15.2 Å². The molecule has 1 aromatic heterocycles. The second-order valence-corrected chi connectivity index (χ2v) is 5.82. The van der Waals surface area contributed by atoms with Crippen molar-refractivity contribution in [3.05, 3.63) is 65.2 Å². The minimum Gasteiger partial charge on any atom is -0.347 e. The number of carbonyl (C=O) groups excluding carboxylic acids is 1. The highest BCUT2D eigenvalue weighted by Crippen LogP contribution is 2.32. The van der Waals surface area contributed by atoms with E-state index in [0.29, 0.717) is 18.5 Å². The number of likely N-dealkylation sites (tertiary alicyclic amines) is 1. The van der Waals surface area contributed by atoms with Gasteiger partial charge < -0.3 is 5.32 Å². The van der Waals surface area contributed by atoms with Gasteiger partial charge >= 0.3 is 0 Å². The molecule has 1 amide bonds. The van der Waals surface area contributed by atoms with Crippen LogP contribution in [-0.4, -0.2) is 35.4 Å². The van der Waals surface area contributed by atoms with E-state index in [1.807, 2.05) is 11.9 Å². The zero-order chi connectivity index (χ0) is 17.3. The molecule has 7 heteroatoms. The molecule has 1 aromatic carbocycles. The molecule has 0 saturated carbocycles. The second-order valence-electron chi connectivity index (χ2n) is 5.82. The van der Waals surface area contributed by atoms with Gasteiger partial charge in [-0.25, -0.2) is 13.2 Å². The minimum atomic E-state index is -0.932. The number of amides is 1. The zero-order valence-electron chi connectivity index (χ0n) is 13.0. The van der Waals surface area contributed by atoms with Gasteiger partial charge in [0, 0.05) is 12.7 Å². The van der Waals surface area contributed by atoms with Gasteiger partial charge in [-0.15, -0.1) is 0 Å². The van der Waals surface area contributed by atoms with Crippen LogP contribution in [0, 0.1) is 17.5 Å². The van der Waals surface area contributed by atoms with Crippen LogP contribution in [0.25, 0.3) is 0 Å².